The number of fused-ring (bicyclic) bond motifs is 1. The molecule has 0 bridgehead atoms. The Hall–Kier alpha value is -4.38. The maximum absolute atomic E-state index is 12.8. The van der Waals surface area contributed by atoms with Crippen molar-refractivity contribution in [2.45, 2.75) is 49.5 Å². The largest absolute Gasteiger partial charge is 0.496 e. The first-order valence-electron chi connectivity index (χ1n) is 13.0. The molecule has 0 saturated heterocycles. The molecule has 1 atom stereocenters. The van der Waals surface area contributed by atoms with Crippen molar-refractivity contribution in [3.63, 3.8) is 0 Å². The molecule has 0 radical (unpaired) electrons. The van der Waals surface area contributed by atoms with Crippen LogP contribution in [-0.2, 0) is 14.8 Å². The molecule has 1 unspecified atom stereocenters. The molecule has 10 nitrogen and oxygen atoms in total. The Balaban J connectivity index is 1.36. The molecule has 0 aliphatic heterocycles. The lowest BCUT2D eigenvalue weighted by Gasteiger charge is -2.17. The third-order valence-electron chi connectivity index (χ3n) is 7.08. The molecular weight excluding hydrogens is 532 g/mol. The SMILES string of the molecule is COc1cc(C(=O)NS(=O)(=O)c2ccccc2)ccc1C(C)c1[nH]nc2ccc(NC(=O)OC3CCCC3)cc12. The minimum absolute atomic E-state index is 0.00709. The molecule has 4 aromatic rings. The number of rotatable bonds is 8. The third kappa shape index (κ3) is 5.79. The van der Waals surface area contributed by atoms with Crippen molar-refractivity contribution in [3.8, 4) is 5.75 Å². The summed E-state index contributed by atoms with van der Waals surface area (Å²) in [6.45, 7) is 1.96. The number of nitrogens with zero attached hydrogens (tertiary/aromatic N) is 1. The van der Waals surface area contributed by atoms with Crippen LogP contribution in [0, 0.1) is 0 Å². The summed E-state index contributed by atoms with van der Waals surface area (Å²) >= 11 is 0. The molecule has 1 aliphatic rings. The van der Waals surface area contributed by atoms with Gasteiger partial charge in [-0.25, -0.2) is 17.9 Å². The van der Waals surface area contributed by atoms with Crippen molar-refractivity contribution in [1.82, 2.24) is 14.9 Å². The minimum Gasteiger partial charge on any atom is -0.496 e. The number of carbonyl (C=O) groups excluding carboxylic acids is 2. The van der Waals surface area contributed by atoms with Crippen LogP contribution in [0.25, 0.3) is 10.9 Å². The zero-order valence-corrected chi connectivity index (χ0v) is 23.0. The number of sulfonamides is 1. The van der Waals surface area contributed by atoms with Gasteiger partial charge in [-0.05, 0) is 68.1 Å². The van der Waals surface area contributed by atoms with E-state index < -0.39 is 22.0 Å². The molecule has 3 N–H and O–H groups in total. The molecule has 208 valence electrons. The first-order valence-corrected chi connectivity index (χ1v) is 14.5. The maximum Gasteiger partial charge on any atom is 0.411 e. The van der Waals surface area contributed by atoms with Crippen LogP contribution in [-0.4, -0.2) is 43.8 Å². The van der Waals surface area contributed by atoms with Crippen molar-refractivity contribution in [3.05, 3.63) is 83.6 Å². The summed E-state index contributed by atoms with van der Waals surface area (Å²) in [5.74, 6) is -0.603. The Labute approximate surface area is 232 Å². The highest BCUT2D eigenvalue weighted by Gasteiger charge is 2.23. The first-order chi connectivity index (χ1) is 19.2. The molecule has 1 saturated carbocycles. The number of amides is 2. The van der Waals surface area contributed by atoms with E-state index in [1.165, 1.54) is 25.3 Å². The second-order valence-corrected chi connectivity index (χ2v) is 11.4. The summed E-state index contributed by atoms with van der Waals surface area (Å²) in [5, 5.41) is 11.1. The van der Waals surface area contributed by atoms with Crippen LogP contribution in [0.3, 0.4) is 0 Å². The predicted octanol–water partition coefficient (Wildman–Crippen LogP) is 5.33. The Morgan fingerprint density at radius 2 is 1.77 bits per heavy atom. The lowest BCUT2D eigenvalue weighted by molar-refractivity contribution is 0.0980. The topological polar surface area (TPSA) is 139 Å². The van der Waals surface area contributed by atoms with Gasteiger partial charge in [0, 0.05) is 28.1 Å². The summed E-state index contributed by atoms with van der Waals surface area (Å²) in [7, 11) is -2.54. The Morgan fingerprint density at radius 1 is 1.02 bits per heavy atom. The molecule has 1 aliphatic carbocycles. The van der Waals surface area contributed by atoms with Gasteiger partial charge < -0.3 is 9.47 Å². The summed E-state index contributed by atoms with van der Waals surface area (Å²) in [6, 6.07) is 17.9. The second kappa shape index (κ2) is 11.4. The average molecular weight is 563 g/mol. The summed E-state index contributed by atoms with van der Waals surface area (Å²) in [5.41, 5.74) is 2.98. The van der Waals surface area contributed by atoms with E-state index >= 15 is 0 Å². The lowest BCUT2D eigenvalue weighted by Crippen LogP contribution is -2.30. The Bertz CT molecular complexity index is 1650. The summed E-state index contributed by atoms with van der Waals surface area (Å²) in [4.78, 5) is 25.2. The maximum atomic E-state index is 12.8. The van der Waals surface area contributed by atoms with Crippen molar-refractivity contribution in [2.24, 2.45) is 0 Å². The van der Waals surface area contributed by atoms with E-state index in [0.717, 1.165) is 47.8 Å². The van der Waals surface area contributed by atoms with Crippen LogP contribution in [0.1, 0.15) is 60.1 Å². The number of methoxy groups -OCH3 is 1. The van der Waals surface area contributed by atoms with Gasteiger partial charge >= 0.3 is 6.09 Å². The molecule has 2 amide bonds. The van der Waals surface area contributed by atoms with Crippen LogP contribution in [0.4, 0.5) is 10.5 Å². The predicted molar refractivity (Wildman–Crippen MR) is 150 cm³/mol. The van der Waals surface area contributed by atoms with Crippen molar-refractivity contribution in [2.75, 3.05) is 12.4 Å². The lowest BCUT2D eigenvalue weighted by atomic mass is 9.93. The highest BCUT2D eigenvalue weighted by Crippen LogP contribution is 2.35. The summed E-state index contributed by atoms with van der Waals surface area (Å²) < 4.78 is 38.4. The van der Waals surface area contributed by atoms with Gasteiger partial charge in [-0.15, -0.1) is 0 Å². The number of hydrogen-bond acceptors (Lipinski definition) is 7. The highest BCUT2D eigenvalue weighted by molar-refractivity contribution is 7.90. The molecule has 40 heavy (non-hydrogen) atoms. The van der Waals surface area contributed by atoms with E-state index in [1.807, 2.05) is 19.1 Å². The van der Waals surface area contributed by atoms with Gasteiger partial charge in [0.2, 0.25) is 0 Å². The highest BCUT2D eigenvalue weighted by atomic mass is 32.2. The van der Waals surface area contributed by atoms with Gasteiger partial charge in [-0.3, -0.25) is 15.2 Å². The van der Waals surface area contributed by atoms with Gasteiger partial charge in [0.05, 0.1) is 23.2 Å². The Kier molecular flexibility index (Phi) is 7.74. The molecule has 3 aromatic carbocycles. The number of hydrogen-bond donors (Lipinski definition) is 3. The fourth-order valence-corrected chi connectivity index (χ4v) is 5.94. The second-order valence-electron chi connectivity index (χ2n) is 9.73. The van der Waals surface area contributed by atoms with Crippen molar-refractivity contribution < 1.29 is 27.5 Å². The van der Waals surface area contributed by atoms with Crippen LogP contribution >= 0.6 is 0 Å². The number of aromatic nitrogens is 2. The van der Waals surface area contributed by atoms with Gasteiger partial charge in [0.15, 0.2) is 0 Å². The van der Waals surface area contributed by atoms with Gasteiger partial charge in [0.1, 0.15) is 11.9 Å². The first kappa shape index (κ1) is 27.2. The number of aromatic amines is 1. The number of carbonyl (C=O) groups is 2. The number of benzene rings is 3. The van der Waals surface area contributed by atoms with E-state index in [-0.39, 0.29) is 22.5 Å². The molecule has 1 heterocycles. The smallest absolute Gasteiger partial charge is 0.411 e. The van der Waals surface area contributed by atoms with Crippen LogP contribution < -0.4 is 14.8 Å². The van der Waals surface area contributed by atoms with Crippen molar-refractivity contribution >= 4 is 38.6 Å². The van der Waals surface area contributed by atoms with E-state index in [1.54, 1.807) is 36.4 Å². The number of anilines is 1. The number of H-pyrrole nitrogens is 1. The zero-order valence-electron chi connectivity index (χ0n) is 22.1. The third-order valence-corrected chi connectivity index (χ3v) is 8.43. The molecule has 1 aromatic heterocycles. The number of ether oxygens (including phenoxy) is 2. The molecule has 1 fully saturated rings. The van der Waals surface area contributed by atoms with Gasteiger partial charge in [-0.1, -0.05) is 31.2 Å². The van der Waals surface area contributed by atoms with E-state index in [0.29, 0.717) is 11.4 Å². The van der Waals surface area contributed by atoms with Crippen LogP contribution in [0.2, 0.25) is 0 Å². The molecular formula is C29H30N4O6S. The summed E-state index contributed by atoms with van der Waals surface area (Å²) in [6.07, 6.45) is 3.41. The average Bonchev–Trinajstić information content (AvgIpc) is 3.62. The number of nitrogens with one attached hydrogen (secondary N) is 3. The van der Waals surface area contributed by atoms with E-state index in [4.69, 9.17) is 9.47 Å². The quantitative estimate of drug-likeness (QED) is 0.264. The van der Waals surface area contributed by atoms with E-state index in [2.05, 4.69) is 20.2 Å². The van der Waals surface area contributed by atoms with Gasteiger partial charge in [0.25, 0.3) is 15.9 Å². The fraction of sp³-hybridized carbons (Fsp3) is 0.276. The Morgan fingerprint density at radius 3 is 2.50 bits per heavy atom. The normalized spacial score (nSPS) is 14.6. The fourth-order valence-electron chi connectivity index (χ4n) is 4.95. The molecule has 11 heteroatoms. The van der Waals surface area contributed by atoms with Crippen molar-refractivity contribution in [1.29, 1.82) is 0 Å². The van der Waals surface area contributed by atoms with Crippen LogP contribution in [0.5, 0.6) is 5.75 Å². The molecule has 5 rings (SSSR count). The van der Waals surface area contributed by atoms with E-state index in [9.17, 15) is 18.0 Å². The minimum atomic E-state index is -4.03. The molecule has 0 spiro atoms. The zero-order chi connectivity index (χ0) is 28.3. The standard InChI is InChI=1S/C29H30N4O6S/c1-18(27-24-17-20(13-15-25(24)31-32-27)30-29(35)39-21-8-6-7-9-21)23-14-12-19(16-26(23)38-2)28(34)33-40(36,37)22-10-4-3-5-11-22/h3-5,10-18,21H,6-9H2,1-2H3,(H,30,35)(H,31,32)(H,33,34). The van der Waals surface area contributed by atoms with Gasteiger partial charge in [-0.2, -0.15) is 5.10 Å². The van der Waals surface area contributed by atoms with Crippen LogP contribution in [0.15, 0.2) is 71.6 Å². The monoisotopic (exact) mass is 562 g/mol.